The maximum atomic E-state index is 8.96. The van der Waals surface area contributed by atoms with Gasteiger partial charge < -0.3 is 25.6 Å². The van der Waals surface area contributed by atoms with Crippen molar-refractivity contribution in [2.45, 2.75) is 32.4 Å². The van der Waals surface area contributed by atoms with Gasteiger partial charge in [0.05, 0.1) is 13.2 Å². The van der Waals surface area contributed by atoms with Gasteiger partial charge in [0, 0.05) is 36.7 Å². The molecule has 20 heavy (non-hydrogen) atoms. The Morgan fingerprint density at radius 2 is 2.35 bits per heavy atom. The average Bonchev–Trinajstić information content (AvgIpc) is 2.79. The number of aliphatic hydroxyl groups is 1. The molecule has 0 amide bonds. The quantitative estimate of drug-likeness (QED) is 0.694. The predicted molar refractivity (Wildman–Crippen MR) is 78.3 cm³/mol. The SMILES string of the molecule is CCOc1cc2c(cc1C(CN)NCCO)OC(C)C2. The van der Waals surface area contributed by atoms with Crippen LogP contribution in [0.25, 0.3) is 0 Å². The number of hydrogen-bond acceptors (Lipinski definition) is 5. The van der Waals surface area contributed by atoms with E-state index in [-0.39, 0.29) is 18.8 Å². The number of aliphatic hydroxyl groups excluding tert-OH is 1. The van der Waals surface area contributed by atoms with Crippen molar-refractivity contribution in [2.75, 3.05) is 26.3 Å². The van der Waals surface area contributed by atoms with Crippen LogP contribution in [0.2, 0.25) is 0 Å². The van der Waals surface area contributed by atoms with Crippen LogP contribution >= 0.6 is 0 Å². The first-order chi connectivity index (χ1) is 9.69. The fraction of sp³-hybridized carbons (Fsp3) is 0.600. The molecular formula is C15H24N2O3. The Labute approximate surface area is 120 Å². The van der Waals surface area contributed by atoms with Gasteiger partial charge in [0.2, 0.25) is 0 Å². The summed E-state index contributed by atoms with van der Waals surface area (Å²) in [4.78, 5) is 0. The van der Waals surface area contributed by atoms with E-state index in [0.717, 1.165) is 23.5 Å². The fourth-order valence-electron chi connectivity index (χ4n) is 2.57. The minimum atomic E-state index is -0.0477. The predicted octanol–water partition coefficient (Wildman–Crippen LogP) is 0.990. The van der Waals surface area contributed by atoms with Crippen LogP contribution in [-0.4, -0.2) is 37.5 Å². The second kappa shape index (κ2) is 6.92. The van der Waals surface area contributed by atoms with Crippen LogP contribution in [0.3, 0.4) is 0 Å². The summed E-state index contributed by atoms with van der Waals surface area (Å²) in [7, 11) is 0. The topological polar surface area (TPSA) is 76.7 Å². The van der Waals surface area contributed by atoms with Crippen LogP contribution in [0, 0.1) is 0 Å². The summed E-state index contributed by atoms with van der Waals surface area (Å²) in [6.45, 7) is 5.66. The molecule has 1 aliphatic heterocycles. The summed E-state index contributed by atoms with van der Waals surface area (Å²) >= 11 is 0. The molecule has 0 spiro atoms. The zero-order chi connectivity index (χ0) is 14.5. The van der Waals surface area contributed by atoms with E-state index in [9.17, 15) is 0 Å². The van der Waals surface area contributed by atoms with Gasteiger partial charge in [0.15, 0.2) is 0 Å². The van der Waals surface area contributed by atoms with E-state index in [1.807, 2.05) is 13.0 Å². The molecule has 2 rings (SSSR count). The first-order valence-corrected chi connectivity index (χ1v) is 7.20. The van der Waals surface area contributed by atoms with Crippen LogP contribution < -0.4 is 20.5 Å². The Morgan fingerprint density at radius 1 is 1.55 bits per heavy atom. The maximum Gasteiger partial charge on any atom is 0.124 e. The minimum absolute atomic E-state index is 0.0477. The lowest BCUT2D eigenvalue weighted by Gasteiger charge is -2.21. The number of ether oxygens (including phenoxy) is 2. The molecule has 0 fully saturated rings. The molecule has 5 heteroatoms. The summed E-state index contributed by atoms with van der Waals surface area (Å²) in [6.07, 6.45) is 1.11. The number of nitrogens with one attached hydrogen (secondary N) is 1. The Hall–Kier alpha value is -1.30. The Kier molecular flexibility index (Phi) is 5.23. The molecule has 4 N–H and O–H groups in total. The first-order valence-electron chi connectivity index (χ1n) is 7.20. The number of hydrogen-bond donors (Lipinski definition) is 3. The highest BCUT2D eigenvalue weighted by Crippen LogP contribution is 2.37. The van der Waals surface area contributed by atoms with E-state index in [1.165, 1.54) is 5.56 Å². The molecule has 0 bridgehead atoms. The van der Waals surface area contributed by atoms with Gasteiger partial charge in [-0.3, -0.25) is 0 Å². The van der Waals surface area contributed by atoms with E-state index in [2.05, 4.69) is 18.3 Å². The molecular weight excluding hydrogens is 256 g/mol. The van der Waals surface area contributed by atoms with Gasteiger partial charge in [-0.15, -0.1) is 0 Å². The van der Waals surface area contributed by atoms with Crippen molar-refractivity contribution < 1.29 is 14.6 Å². The fourth-order valence-corrected chi connectivity index (χ4v) is 2.57. The third kappa shape index (κ3) is 3.23. The molecule has 0 aliphatic carbocycles. The van der Waals surface area contributed by atoms with Crippen molar-refractivity contribution in [2.24, 2.45) is 5.73 Å². The largest absolute Gasteiger partial charge is 0.494 e. The molecule has 2 unspecified atom stereocenters. The van der Waals surface area contributed by atoms with Gasteiger partial charge in [-0.1, -0.05) is 0 Å². The standard InChI is InChI=1S/C15H24N2O3/c1-3-19-15-7-11-6-10(2)20-14(11)8-12(15)13(9-16)17-4-5-18/h7-8,10,13,17-18H,3-6,9,16H2,1-2H3. The van der Waals surface area contributed by atoms with E-state index >= 15 is 0 Å². The highest BCUT2D eigenvalue weighted by atomic mass is 16.5. The van der Waals surface area contributed by atoms with Gasteiger partial charge in [-0.2, -0.15) is 0 Å². The lowest BCUT2D eigenvalue weighted by atomic mass is 10.0. The van der Waals surface area contributed by atoms with E-state index in [1.54, 1.807) is 0 Å². The highest BCUT2D eigenvalue weighted by Gasteiger charge is 2.24. The van der Waals surface area contributed by atoms with Crippen molar-refractivity contribution in [1.29, 1.82) is 0 Å². The van der Waals surface area contributed by atoms with Gasteiger partial charge in [0.1, 0.15) is 17.6 Å². The van der Waals surface area contributed by atoms with E-state index in [0.29, 0.717) is 19.7 Å². The smallest absolute Gasteiger partial charge is 0.124 e. The zero-order valence-corrected chi connectivity index (χ0v) is 12.2. The van der Waals surface area contributed by atoms with Crippen LogP contribution in [0.5, 0.6) is 11.5 Å². The highest BCUT2D eigenvalue weighted by molar-refractivity contribution is 5.50. The summed E-state index contributed by atoms with van der Waals surface area (Å²) in [5.41, 5.74) is 8.02. The van der Waals surface area contributed by atoms with Crippen LogP contribution in [-0.2, 0) is 6.42 Å². The van der Waals surface area contributed by atoms with Crippen molar-refractivity contribution in [3.05, 3.63) is 23.3 Å². The Morgan fingerprint density at radius 3 is 3.00 bits per heavy atom. The molecule has 0 aromatic heterocycles. The van der Waals surface area contributed by atoms with E-state index < -0.39 is 0 Å². The molecule has 1 aliphatic rings. The summed E-state index contributed by atoms with van der Waals surface area (Å²) < 4.78 is 11.6. The van der Waals surface area contributed by atoms with Crippen LogP contribution in [0.4, 0.5) is 0 Å². The average molecular weight is 280 g/mol. The Bertz CT molecular complexity index is 451. The first kappa shape index (κ1) is 15.1. The number of benzene rings is 1. The molecule has 1 heterocycles. The van der Waals surface area contributed by atoms with Crippen molar-refractivity contribution >= 4 is 0 Å². The minimum Gasteiger partial charge on any atom is -0.494 e. The Balaban J connectivity index is 2.31. The number of nitrogens with two attached hydrogens (primary N) is 1. The van der Waals surface area contributed by atoms with Crippen molar-refractivity contribution in [3.8, 4) is 11.5 Å². The molecule has 0 radical (unpaired) electrons. The second-order valence-electron chi connectivity index (χ2n) is 5.03. The lowest BCUT2D eigenvalue weighted by molar-refractivity contribution is 0.254. The summed E-state index contributed by atoms with van der Waals surface area (Å²) in [6, 6.07) is 4.03. The molecule has 5 nitrogen and oxygen atoms in total. The third-order valence-electron chi connectivity index (χ3n) is 3.44. The normalized spacial score (nSPS) is 18.5. The van der Waals surface area contributed by atoms with E-state index in [4.69, 9.17) is 20.3 Å². The van der Waals surface area contributed by atoms with Crippen LogP contribution in [0.15, 0.2) is 12.1 Å². The molecule has 1 aromatic rings. The van der Waals surface area contributed by atoms with Gasteiger partial charge in [0.25, 0.3) is 0 Å². The lowest BCUT2D eigenvalue weighted by Crippen LogP contribution is -2.30. The summed E-state index contributed by atoms with van der Waals surface area (Å²) in [5, 5.41) is 12.2. The van der Waals surface area contributed by atoms with Gasteiger partial charge >= 0.3 is 0 Å². The monoisotopic (exact) mass is 280 g/mol. The maximum absolute atomic E-state index is 8.96. The molecule has 1 aromatic carbocycles. The van der Waals surface area contributed by atoms with Crippen LogP contribution in [0.1, 0.15) is 31.0 Å². The van der Waals surface area contributed by atoms with Gasteiger partial charge in [-0.25, -0.2) is 0 Å². The molecule has 2 atom stereocenters. The molecule has 0 saturated heterocycles. The third-order valence-corrected chi connectivity index (χ3v) is 3.44. The molecule has 112 valence electrons. The van der Waals surface area contributed by atoms with Gasteiger partial charge in [-0.05, 0) is 26.0 Å². The van der Waals surface area contributed by atoms with Crippen molar-refractivity contribution in [1.82, 2.24) is 5.32 Å². The zero-order valence-electron chi connectivity index (χ0n) is 12.2. The van der Waals surface area contributed by atoms with Crippen molar-refractivity contribution in [3.63, 3.8) is 0 Å². The number of fused-ring (bicyclic) bond motifs is 1. The number of rotatable bonds is 7. The second-order valence-corrected chi connectivity index (χ2v) is 5.03. The molecule has 0 saturated carbocycles. The summed E-state index contributed by atoms with van der Waals surface area (Å²) in [5.74, 6) is 1.77.